The highest BCUT2D eigenvalue weighted by Gasteiger charge is 2.08. The Balaban J connectivity index is 3.40. The van der Waals surface area contributed by atoms with Gasteiger partial charge < -0.3 is 9.47 Å². The zero-order valence-electron chi connectivity index (χ0n) is 22.1. The van der Waals surface area contributed by atoms with Gasteiger partial charge in [-0.2, -0.15) is 0 Å². The van der Waals surface area contributed by atoms with Crippen molar-refractivity contribution in [2.75, 3.05) is 13.2 Å². The number of ether oxygens (including phenoxy) is 2. The van der Waals surface area contributed by atoms with Crippen LogP contribution in [0.15, 0.2) is 0 Å². The lowest BCUT2D eigenvalue weighted by Gasteiger charge is -2.11. The first kappa shape index (κ1) is 30.9. The SMILES string of the molecule is CC(C)CCCCOC(=O)CCCCCCCCC(C)CCC(=O)OCCCCC(C)C. The third-order valence-electron chi connectivity index (χ3n) is 6.05. The van der Waals surface area contributed by atoms with Gasteiger partial charge in [0.05, 0.1) is 13.2 Å². The number of carbonyl (C=O) groups is 2. The highest BCUT2D eigenvalue weighted by molar-refractivity contribution is 5.69. The molecule has 0 aliphatic rings. The number of carbonyl (C=O) groups excluding carboxylic acids is 2. The van der Waals surface area contributed by atoms with Crippen molar-refractivity contribution < 1.29 is 19.1 Å². The molecular formula is C28H54O4. The molecule has 0 saturated carbocycles. The first-order valence-corrected chi connectivity index (χ1v) is 13.6. The summed E-state index contributed by atoms with van der Waals surface area (Å²) in [6, 6.07) is 0. The molecule has 0 aromatic carbocycles. The van der Waals surface area contributed by atoms with Crippen LogP contribution in [-0.4, -0.2) is 25.2 Å². The van der Waals surface area contributed by atoms with Gasteiger partial charge in [-0.3, -0.25) is 9.59 Å². The predicted octanol–water partition coefficient (Wildman–Crippen LogP) is 8.26. The minimum Gasteiger partial charge on any atom is -0.466 e. The predicted molar refractivity (Wildman–Crippen MR) is 135 cm³/mol. The fraction of sp³-hybridized carbons (Fsp3) is 0.929. The maximum Gasteiger partial charge on any atom is 0.305 e. The first-order chi connectivity index (χ1) is 15.3. The van der Waals surface area contributed by atoms with Crippen LogP contribution in [0.5, 0.6) is 0 Å². The molecular weight excluding hydrogens is 400 g/mol. The molecule has 0 N–H and O–H groups in total. The van der Waals surface area contributed by atoms with Crippen molar-refractivity contribution in [2.24, 2.45) is 17.8 Å². The van der Waals surface area contributed by atoms with Gasteiger partial charge in [-0.25, -0.2) is 0 Å². The van der Waals surface area contributed by atoms with E-state index in [2.05, 4.69) is 34.6 Å². The molecule has 0 aromatic heterocycles. The minimum atomic E-state index is -0.0320. The molecule has 0 radical (unpaired) electrons. The quantitative estimate of drug-likeness (QED) is 0.122. The fourth-order valence-corrected chi connectivity index (χ4v) is 3.80. The lowest BCUT2D eigenvalue weighted by molar-refractivity contribution is -0.144. The summed E-state index contributed by atoms with van der Waals surface area (Å²) in [5.41, 5.74) is 0. The maximum atomic E-state index is 11.8. The molecule has 190 valence electrons. The van der Waals surface area contributed by atoms with E-state index in [9.17, 15) is 9.59 Å². The second-order valence-corrected chi connectivity index (χ2v) is 10.5. The highest BCUT2D eigenvalue weighted by atomic mass is 16.5. The maximum absolute atomic E-state index is 11.8. The van der Waals surface area contributed by atoms with Crippen molar-refractivity contribution in [1.29, 1.82) is 0 Å². The minimum absolute atomic E-state index is 0.0301. The van der Waals surface area contributed by atoms with Crippen molar-refractivity contribution in [3.8, 4) is 0 Å². The van der Waals surface area contributed by atoms with Gasteiger partial charge in [-0.1, -0.05) is 86.0 Å². The van der Waals surface area contributed by atoms with Crippen LogP contribution < -0.4 is 0 Å². The Kier molecular flexibility index (Phi) is 21.0. The van der Waals surface area contributed by atoms with Crippen LogP contribution >= 0.6 is 0 Å². The zero-order chi connectivity index (χ0) is 24.0. The van der Waals surface area contributed by atoms with Crippen molar-refractivity contribution in [2.45, 2.75) is 137 Å². The van der Waals surface area contributed by atoms with Gasteiger partial charge in [0.15, 0.2) is 0 Å². The largest absolute Gasteiger partial charge is 0.466 e. The standard InChI is InChI=1S/C28H54O4/c1-24(2)16-12-14-22-31-27(29)19-11-9-7-6-8-10-18-26(5)20-21-28(30)32-23-15-13-17-25(3)4/h24-26H,6-23H2,1-5H3. The van der Waals surface area contributed by atoms with Crippen LogP contribution in [0.3, 0.4) is 0 Å². The fourth-order valence-electron chi connectivity index (χ4n) is 3.80. The molecule has 0 amide bonds. The molecule has 32 heavy (non-hydrogen) atoms. The van der Waals surface area contributed by atoms with Crippen molar-refractivity contribution in [1.82, 2.24) is 0 Å². The van der Waals surface area contributed by atoms with Crippen LogP contribution in [0.25, 0.3) is 0 Å². The van der Waals surface area contributed by atoms with E-state index in [1.807, 2.05) is 0 Å². The third kappa shape index (κ3) is 23.6. The van der Waals surface area contributed by atoms with Gasteiger partial charge in [0, 0.05) is 12.8 Å². The molecule has 4 heteroatoms. The molecule has 1 unspecified atom stereocenters. The van der Waals surface area contributed by atoms with Crippen LogP contribution in [0.4, 0.5) is 0 Å². The van der Waals surface area contributed by atoms with Gasteiger partial charge in [-0.15, -0.1) is 0 Å². The van der Waals surface area contributed by atoms with Gasteiger partial charge in [0.2, 0.25) is 0 Å². The van der Waals surface area contributed by atoms with Crippen LogP contribution in [0, 0.1) is 17.8 Å². The first-order valence-electron chi connectivity index (χ1n) is 13.6. The van der Waals surface area contributed by atoms with Crippen LogP contribution in [0.1, 0.15) is 137 Å². The van der Waals surface area contributed by atoms with E-state index in [0.717, 1.165) is 56.8 Å². The second kappa shape index (κ2) is 21.8. The van der Waals surface area contributed by atoms with E-state index < -0.39 is 0 Å². The summed E-state index contributed by atoms with van der Waals surface area (Å²) in [5, 5.41) is 0. The number of esters is 2. The van der Waals surface area contributed by atoms with Gasteiger partial charge in [0.1, 0.15) is 0 Å². The summed E-state index contributed by atoms with van der Waals surface area (Å²) in [7, 11) is 0. The molecule has 0 aliphatic carbocycles. The zero-order valence-corrected chi connectivity index (χ0v) is 22.1. The molecule has 0 saturated heterocycles. The Labute approximate surface area is 199 Å². The lowest BCUT2D eigenvalue weighted by atomic mass is 9.97. The number of hydrogen-bond donors (Lipinski definition) is 0. The van der Waals surface area contributed by atoms with Gasteiger partial charge in [-0.05, 0) is 56.3 Å². The van der Waals surface area contributed by atoms with E-state index in [0.29, 0.717) is 32.0 Å². The summed E-state index contributed by atoms with van der Waals surface area (Å²) >= 11 is 0. The smallest absolute Gasteiger partial charge is 0.305 e. The van der Waals surface area contributed by atoms with Crippen molar-refractivity contribution >= 4 is 11.9 Å². The van der Waals surface area contributed by atoms with Crippen molar-refractivity contribution in [3.05, 3.63) is 0 Å². The Morgan fingerprint density at radius 2 is 0.938 bits per heavy atom. The number of hydrogen-bond acceptors (Lipinski definition) is 4. The van der Waals surface area contributed by atoms with E-state index >= 15 is 0 Å². The third-order valence-corrected chi connectivity index (χ3v) is 6.05. The second-order valence-electron chi connectivity index (χ2n) is 10.5. The van der Waals surface area contributed by atoms with Gasteiger partial charge >= 0.3 is 11.9 Å². The Morgan fingerprint density at radius 3 is 1.47 bits per heavy atom. The summed E-state index contributed by atoms with van der Waals surface area (Å²) in [6.07, 6.45) is 16.9. The molecule has 0 aliphatic heterocycles. The van der Waals surface area contributed by atoms with Crippen LogP contribution in [-0.2, 0) is 19.1 Å². The molecule has 0 bridgehead atoms. The average molecular weight is 455 g/mol. The molecule has 1 atom stereocenters. The van der Waals surface area contributed by atoms with E-state index in [-0.39, 0.29) is 11.9 Å². The topological polar surface area (TPSA) is 52.6 Å². The normalized spacial score (nSPS) is 12.3. The highest BCUT2D eigenvalue weighted by Crippen LogP contribution is 2.17. The van der Waals surface area contributed by atoms with E-state index in [1.54, 1.807) is 0 Å². The summed E-state index contributed by atoms with van der Waals surface area (Å²) < 4.78 is 10.6. The Morgan fingerprint density at radius 1 is 0.500 bits per heavy atom. The Hall–Kier alpha value is -1.06. The average Bonchev–Trinajstić information content (AvgIpc) is 2.73. The van der Waals surface area contributed by atoms with E-state index in [4.69, 9.17) is 9.47 Å². The molecule has 4 nitrogen and oxygen atoms in total. The van der Waals surface area contributed by atoms with Crippen molar-refractivity contribution in [3.63, 3.8) is 0 Å². The molecule has 0 fully saturated rings. The molecule has 0 aromatic rings. The lowest BCUT2D eigenvalue weighted by Crippen LogP contribution is -2.08. The summed E-state index contributed by atoms with van der Waals surface area (Å²) in [5.74, 6) is 1.98. The monoisotopic (exact) mass is 454 g/mol. The molecule has 0 rings (SSSR count). The number of unbranched alkanes of at least 4 members (excludes halogenated alkanes) is 7. The Bertz CT molecular complexity index is 445. The van der Waals surface area contributed by atoms with E-state index in [1.165, 1.54) is 44.9 Å². The van der Waals surface area contributed by atoms with Crippen LogP contribution in [0.2, 0.25) is 0 Å². The summed E-state index contributed by atoms with van der Waals surface area (Å²) in [4.78, 5) is 23.5. The summed E-state index contributed by atoms with van der Waals surface area (Å²) in [6.45, 7) is 12.3. The number of rotatable bonds is 22. The molecule has 0 spiro atoms. The molecule has 0 heterocycles. The van der Waals surface area contributed by atoms with Gasteiger partial charge in [0.25, 0.3) is 0 Å².